The quantitative estimate of drug-likeness (QED) is 0.270. The summed E-state index contributed by atoms with van der Waals surface area (Å²) in [5, 5.41) is 4.90. The fourth-order valence-corrected chi connectivity index (χ4v) is 2.56. The van der Waals surface area contributed by atoms with Crippen LogP contribution in [-0.4, -0.2) is 47.8 Å². The van der Waals surface area contributed by atoms with Crippen molar-refractivity contribution in [2.75, 3.05) is 25.6 Å². The molecule has 0 saturated heterocycles. The van der Waals surface area contributed by atoms with Crippen molar-refractivity contribution in [3.63, 3.8) is 0 Å². The van der Waals surface area contributed by atoms with E-state index >= 15 is 0 Å². The van der Waals surface area contributed by atoms with Gasteiger partial charge in [-0.1, -0.05) is 12.1 Å². The van der Waals surface area contributed by atoms with Crippen molar-refractivity contribution in [2.45, 2.75) is 0 Å². The molecule has 2 aromatic carbocycles. The largest absolute Gasteiger partial charge is 0.383 e. The maximum Gasteiger partial charge on any atom is 0.313 e. The van der Waals surface area contributed by atoms with Crippen LogP contribution < -0.4 is 10.6 Å². The molecule has 152 valence electrons. The topological polar surface area (TPSA) is 110 Å². The molecule has 0 fully saturated rings. The number of carbonyl (C=O) groups excluding carboxylic acids is 3. The second kappa shape index (κ2) is 10.0. The number of para-hydroxylation sites is 2. The van der Waals surface area contributed by atoms with E-state index in [1.807, 2.05) is 24.3 Å². The van der Waals surface area contributed by atoms with Gasteiger partial charge in [-0.15, -0.1) is 0 Å². The molecular weight excluding hydrogens is 384 g/mol. The number of hydrogen-bond donors (Lipinski definition) is 2. The Bertz CT molecular complexity index is 1090. The van der Waals surface area contributed by atoms with Crippen LogP contribution in [0.3, 0.4) is 0 Å². The predicted octanol–water partition coefficient (Wildman–Crippen LogP) is 2.23. The number of carbonyl (C=O) groups is 3. The lowest BCUT2D eigenvalue weighted by Crippen LogP contribution is -2.37. The van der Waals surface area contributed by atoms with E-state index in [2.05, 4.69) is 20.6 Å². The smallest absolute Gasteiger partial charge is 0.313 e. The number of ether oxygens (including phenoxy) is 1. The van der Waals surface area contributed by atoms with E-state index in [9.17, 15) is 14.4 Å². The van der Waals surface area contributed by atoms with Gasteiger partial charge in [0.1, 0.15) is 0 Å². The van der Waals surface area contributed by atoms with Crippen LogP contribution in [0.5, 0.6) is 0 Å². The van der Waals surface area contributed by atoms with Gasteiger partial charge >= 0.3 is 11.8 Å². The molecule has 1 aromatic heterocycles. The Labute approximate surface area is 173 Å². The summed E-state index contributed by atoms with van der Waals surface area (Å²) in [5.41, 5.74) is 2.94. The minimum absolute atomic E-state index is 0.222. The number of fused-ring (bicyclic) bond motifs is 1. The Morgan fingerprint density at radius 1 is 1.00 bits per heavy atom. The molecule has 1 heterocycles. The van der Waals surface area contributed by atoms with Crippen molar-refractivity contribution in [3.05, 3.63) is 72.1 Å². The van der Waals surface area contributed by atoms with E-state index < -0.39 is 11.8 Å². The molecule has 0 aliphatic carbocycles. The summed E-state index contributed by atoms with van der Waals surface area (Å²) in [5.74, 6) is -1.77. The second-order valence-electron chi connectivity index (χ2n) is 6.26. The number of methoxy groups -OCH3 is 1. The number of ketones is 1. The standard InChI is InChI=1S/C22H20N4O4/c1-30-13-12-23-21(28)22(29)26-16-8-6-15(7-9-16)20(27)11-10-17-14-24-18-4-2-3-5-19(18)25-17/h2-11,14H,12-13H2,1H3,(H,23,28)(H,26,29)/b11-10+. The van der Waals surface area contributed by atoms with Crippen molar-refractivity contribution >= 4 is 40.4 Å². The van der Waals surface area contributed by atoms with Gasteiger partial charge in [0.25, 0.3) is 0 Å². The highest BCUT2D eigenvalue weighted by molar-refractivity contribution is 6.39. The number of rotatable bonds is 7. The lowest BCUT2D eigenvalue weighted by molar-refractivity contribution is -0.136. The number of amides is 2. The van der Waals surface area contributed by atoms with Crippen LogP contribution in [0.4, 0.5) is 5.69 Å². The maximum absolute atomic E-state index is 12.4. The van der Waals surface area contributed by atoms with Gasteiger partial charge in [-0.25, -0.2) is 4.98 Å². The highest BCUT2D eigenvalue weighted by Gasteiger charge is 2.13. The fourth-order valence-electron chi connectivity index (χ4n) is 2.56. The summed E-state index contributed by atoms with van der Waals surface area (Å²) in [6.45, 7) is 0.554. The molecule has 2 N–H and O–H groups in total. The predicted molar refractivity (Wildman–Crippen MR) is 113 cm³/mol. The molecular formula is C22H20N4O4. The Morgan fingerprint density at radius 3 is 2.47 bits per heavy atom. The Kier molecular flexibility index (Phi) is 6.96. The molecule has 0 unspecified atom stereocenters. The zero-order chi connectivity index (χ0) is 21.3. The first kappa shape index (κ1) is 20.8. The Morgan fingerprint density at radius 2 is 1.73 bits per heavy atom. The van der Waals surface area contributed by atoms with Crippen molar-refractivity contribution in [1.82, 2.24) is 15.3 Å². The number of hydrogen-bond acceptors (Lipinski definition) is 6. The van der Waals surface area contributed by atoms with E-state index in [1.165, 1.54) is 13.2 Å². The van der Waals surface area contributed by atoms with Crippen molar-refractivity contribution in [2.24, 2.45) is 0 Å². The first-order chi connectivity index (χ1) is 14.6. The molecule has 0 aliphatic heterocycles. The first-order valence-electron chi connectivity index (χ1n) is 9.19. The molecule has 8 nitrogen and oxygen atoms in total. The van der Waals surface area contributed by atoms with Gasteiger partial charge in [-0.2, -0.15) is 0 Å². The van der Waals surface area contributed by atoms with Gasteiger partial charge in [0.2, 0.25) is 0 Å². The summed E-state index contributed by atoms with van der Waals surface area (Å²) >= 11 is 0. The minimum atomic E-state index is -0.792. The van der Waals surface area contributed by atoms with Gasteiger partial charge in [0, 0.05) is 24.9 Å². The molecule has 2 amide bonds. The lowest BCUT2D eigenvalue weighted by Gasteiger charge is -2.06. The summed E-state index contributed by atoms with van der Waals surface area (Å²) in [7, 11) is 1.50. The summed E-state index contributed by atoms with van der Waals surface area (Å²) in [4.78, 5) is 44.6. The van der Waals surface area contributed by atoms with Crippen LogP contribution in [0.25, 0.3) is 17.1 Å². The number of allylic oxidation sites excluding steroid dienone is 1. The van der Waals surface area contributed by atoms with Gasteiger partial charge in [0.15, 0.2) is 5.78 Å². The third-order valence-corrected chi connectivity index (χ3v) is 4.10. The van der Waals surface area contributed by atoms with E-state index in [0.29, 0.717) is 23.6 Å². The molecule has 0 aliphatic rings. The van der Waals surface area contributed by atoms with Crippen LogP contribution in [0.2, 0.25) is 0 Å². The molecule has 0 atom stereocenters. The zero-order valence-corrected chi connectivity index (χ0v) is 16.3. The summed E-state index contributed by atoms with van der Waals surface area (Å²) in [6.07, 6.45) is 4.61. The third kappa shape index (κ3) is 5.55. The lowest BCUT2D eigenvalue weighted by atomic mass is 10.1. The van der Waals surface area contributed by atoms with E-state index in [1.54, 1.807) is 36.5 Å². The van der Waals surface area contributed by atoms with Crippen LogP contribution in [0, 0.1) is 0 Å². The highest BCUT2D eigenvalue weighted by atomic mass is 16.5. The average Bonchev–Trinajstić information content (AvgIpc) is 2.78. The normalized spacial score (nSPS) is 10.8. The molecule has 0 bridgehead atoms. The molecule has 3 aromatic rings. The van der Waals surface area contributed by atoms with E-state index in [-0.39, 0.29) is 12.3 Å². The molecule has 3 rings (SSSR count). The summed E-state index contributed by atoms with van der Waals surface area (Å²) < 4.78 is 4.80. The minimum Gasteiger partial charge on any atom is -0.383 e. The van der Waals surface area contributed by atoms with Gasteiger partial charge in [-0.3, -0.25) is 19.4 Å². The second-order valence-corrected chi connectivity index (χ2v) is 6.26. The molecule has 0 spiro atoms. The number of nitrogens with one attached hydrogen (secondary N) is 2. The Balaban J connectivity index is 1.59. The third-order valence-electron chi connectivity index (χ3n) is 4.10. The molecule has 0 saturated carbocycles. The van der Waals surface area contributed by atoms with Crippen LogP contribution in [0.15, 0.2) is 60.8 Å². The molecule has 30 heavy (non-hydrogen) atoms. The number of nitrogens with zero attached hydrogens (tertiary/aromatic N) is 2. The molecule has 8 heteroatoms. The molecule has 0 radical (unpaired) electrons. The first-order valence-corrected chi connectivity index (χ1v) is 9.19. The Hall–Kier alpha value is -3.91. The highest BCUT2D eigenvalue weighted by Crippen LogP contribution is 2.12. The van der Waals surface area contributed by atoms with Gasteiger partial charge in [-0.05, 0) is 48.6 Å². The van der Waals surface area contributed by atoms with Crippen LogP contribution in [0.1, 0.15) is 16.1 Å². The van der Waals surface area contributed by atoms with Crippen molar-refractivity contribution in [3.8, 4) is 0 Å². The van der Waals surface area contributed by atoms with E-state index in [0.717, 1.165) is 11.0 Å². The number of aromatic nitrogens is 2. The zero-order valence-electron chi connectivity index (χ0n) is 16.3. The van der Waals surface area contributed by atoms with Crippen molar-refractivity contribution in [1.29, 1.82) is 0 Å². The van der Waals surface area contributed by atoms with Crippen molar-refractivity contribution < 1.29 is 19.1 Å². The van der Waals surface area contributed by atoms with Crippen LogP contribution in [-0.2, 0) is 14.3 Å². The monoisotopic (exact) mass is 404 g/mol. The number of benzene rings is 2. The number of anilines is 1. The van der Waals surface area contributed by atoms with Crippen LogP contribution >= 0.6 is 0 Å². The van der Waals surface area contributed by atoms with Gasteiger partial charge < -0.3 is 15.4 Å². The van der Waals surface area contributed by atoms with E-state index in [4.69, 9.17) is 4.74 Å². The summed E-state index contributed by atoms with van der Waals surface area (Å²) in [6, 6.07) is 13.7. The van der Waals surface area contributed by atoms with Gasteiger partial charge in [0.05, 0.1) is 29.5 Å². The average molecular weight is 404 g/mol. The SMILES string of the molecule is COCCNC(=O)C(=O)Nc1ccc(C(=O)/C=C/c2cnc3ccccc3n2)cc1. The maximum atomic E-state index is 12.4. The fraction of sp³-hybridized carbons (Fsp3) is 0.136.